The molecule has 0 radical (unpaired) electrons. The number of amides is 1. The van der Waals surface area contributed by atoms with Crippen molar-refractivity contribution in [1.82, 2.24) is 14.7 Å². The van der Waals surface area contributed by atoms with E-state index in [0.717, 1.165) is 25.7 Å². The fraction of sp³-hybridized carbons (Fsp3) is 0.909. The van der Waals surface area contributed by atoms with Gasteiger partial charge in [-0.1, -0.05) is 6.92 Å². The van der Waals surface area contributed by atoms with Gasteiger partial charge >= 0.3 is 5.97 Å². The molecule has 3 aliphatic rings. The quantitative estimate of drug-likeness (QED) is 0.319. The van der Waals surface area contributed by atoms with E-state index in [-0.39, 0.29) is 41.9 Å². The normalized spacial score (nSPS) is 37.0. The largest absolute Gasteiger partial charge is 0.463 e. The number of rotatable bonds is 8. The molecule has 0 aromatic heterocycles. The number of nitrogens with zero attached hydrogens (tertiary/aromatic N) is 3. The van der Waals surface area contributed by atoms with Crippen LogP contribution in [0.3, 0.4) is 0 Å². The molecule has 1 N–H and O–H groups in total. The second-order valence-electron chi connectivity index (χ2n) is 14.7. The SMILES string of the molecule is CO[C@]1(C)CCCN(C)[C@@H](C2(CCN(C)C(C)=O)CC2)COC(=O)C(C)(C)C(=O)[C@H](C)[C@H]1O[C@@H]1O[C@H](C)C[C@H](N(C)C)[C@H]1O. The summed E-state index contributed by atoms with van der Waals surface area (Å²) in [6, 6.07) is -0.229. The first-order chi connectivity index (χ1) is 20.4. The topological polar surface area (TPSA) is 118 Å². The number of Topliss-reactive ketones (excluding diaryl/α,β-unsaturated/α-hetero) is 1. The van der Waals surface area contributed by atoms with Crippen LogP contribution in [0.2, 0.25) is 0 Å². The molecule has 8 atom stereocenters. The summed E-state index contributed by atoms with van der Waals surface area (Å²) in [5.41, 5.74) is -2.42. The van der Waals surface area contributed by atoms with Crippen LogP contribution in [-0.2, 0) is 33.3 Å². The number of ketones is 1. The molecule has 254 valence electrons. The Morgan fingerprint density at radius 1 is 1.11 bits per heavy atom. The Morgan fingerprint density at radius 3 is 2.30 bits per heavy atom. The summed E-state index contributed by atoms with van der Waals surface area (Å²) in [6.07, 6.45) is 1.89. The average Bonchev–Trinajstić information content (AvgIpc) is 3.74. The van der Waals surface area contributed by atoms with Crippen LogP contribution < -0.4 is 0 Å². The predicted molar refractivity (Wildman–Crippen MR) is 167 cm³/mol. The highest BCUT2D eigenvalue weighted by molar-refractivity contribution is 6.04. The maximum atomic E-state index is 14.2. The molecule has 0 spiro atoms. The number of hydrogen-bond donors (Lipinski definition) is 1. The summed E-state index contributed by atoms with van der Waals surface area (Å²) in [5.74, 6) is -1.62. The molecular weight excluding hydrogens is 566 g/mol. The molecular formula is C33H59N3O8. The van der Waals surface area contributed by atoms with Crippen molar-refractivity contribution < 1.29 is 38.4 Å². The third-order valence-corrected chi connectivity index (χ3v) is 10.8. The number of cyclic esters (lactones) is 1. The van der Waals surface area contributed by atoms with Gasteiger partial charge in [0.1, 0.15) is 18.1 Å². The van der Waals surface area contributed by atoms with Gasteiger partial charge in [-0.3, -0.25) is 19.3 Å². The van der Waals surface area contributed by atoms with Crippen molar-refractivity contribution in [3.8, 4) is 0 Å². The Hall–Kier alpha value is -1.63. The summed E-state index contributed by atoms with van der Waals surface area (Å²) < 4.78 is 24.8. The second-order valence-corrected chi connectivity index (χ2v) is 14.7. The van der Waals surface area contributed by atoms with Crippen molar-refractivity contribution in [2.75, 3.05) is 55.0 Å². The molecule has 0 aromatic carbocycles. The zero-order valence-corrected chi connectivity index (χ0v) is 29.1. The summed E-state index contributed by atoms with van der Waals surface area (Å²) in [6.45, 7) is 12.0. The van der Waals surface area contributed by atoms with E-state index in [2.05, 4.69) is 11.9 Å². The molecule has 3 fully saturated rings. The lowest BCUT2D eigenvalue weighted by molar-refractivity contribution is -0.295. The minimum atomic E-state index is -1.44. The van der Waals surface area contributed by atoms with Gasteiger partial charge in [0.05, 0.1) is 17.8 Å². The van der Waals surface area contributed by atoms with E-state index in [9.17, 15) is 19.5 Å². The molecule has 2 saturated heterocycles. The first kappa shape index (κ1) is 36.8. The van der Waals surface area contributed by atoms with Crippen LogP contribution in [-0.4, -0.2) is 135 Å². The van der Waals surface area contributed by atoms with Gasteiger partial charge in [0.25, 0.3) is 0 Å². The Kier molecular flexibility index (Phi) is 12.1. The minimum absolute atomic E-state index is 0.0263. The maximum absolute atomic E-state index is 14.2. The number of hydrogen-bond acceptors (Lipinski definition) is 10. The number of ether oxygens (including phenoxy) is 4. The minimum Gasteiger partial charge on any atom is -0.463 e. The number of esters is 1. The van der Waals surface area contributed by atoms with Crippen molar-refractivity contribution >= 4 is 17.7 Å². The predicted octanol–water partition coefficient (Wildman–Crippen LogP) is 2.72. The summed E-state index contributed by atoms with van der Waals surface area (Å²) in [4.78, 5) is 45.6. The van der Waals surface area contributed by atoms with Gasteiger partial charge in [-0.05, 0) is 99.3 Å². The number of likely N-dealkylation sites (N-methyl/N-ethyl adjacent to an activating group) is 2. The lowest BCUT2D eigenvalue weighted by Crippen LogP contribution is -2.59. The molecule has 0 aromatic rings. The number of methoxy groups -OCH3 is 1. The average molecular weight is 626 g/mol. The Balaban J connectivity index is 1.93. The van der Waals surface area contributed by atoms with E-state index < -0.39 is 41.4 Å². The molecule has 1 amide bonds. The molecule has 3 rings (SSSR count). The molecule has 44 heavy (non-hydrogen) atoms. The number of carbonyl (C=O) groups is 3. The van der Waals surface area contributed by atoms with Crippen LogP contribution in [0.1, 0.15) is 80.1 Å². The van der Waals surface area contributed by atoms with Gasteiger partial charge in [0, 0.05) is 45.6 Å². The van der Waals surface area contributed by atoms with Gasteiger partial charge in [-0.25, -0.2) is 0 Å². The molecule has 11 nitrogen and oxygen atoms in total. The third kappa shape index (κ3) is 8.01. The fourth-order valence-electron chi connectivity index (χ4n) is 7.16. The van der Waals surface area contributed by atoms with E-state index in [1.54, 1.807) is 39.7 Å². The number of aliphatic hydroxyl groups excluding tert-OH is 1. The van der Waals surface area contributed by atoms with Crippen LogP contribution >= 0.6 is 0 Å². The molecule has 0 unspecified atom stereocenters. The highest BCUT2D eigenvalue weighted by Crippen LogP contribution is 2.53. The highest BCUT2D eigenvalue weighted by atomic mass is 16.7. The molecule has 1 aliphatic carbocycles. The van der Waals surface area contributed by atoms with E-state index in [4.69, 9.17) is 18.9 Å². The summed E-state index contributed by atoms with van der Waals surface area (Å²) >= 11 is 0. The van der Waals surface area contributed by atoms with Gasteiger partial charge in [-0.15, -0.1) is 0 Å². The standard InChI is InChI=1S/C33H59N3O8/c1-21-19-24(34(7)8)26(38)29(43-21)44-28-22(2)27(39)31(4,5)30(40)42-20-25(36(10)17-12-13-32(28,6)41-11)33(14-15-33)16-18-35(9)23(3)37/h21-22,24-26,28-29,38H,12-20H2,1-11H3/t21-,22+,24+,25-,26-,28-,29+,32-/m1/s1. The zero-order chi connectivity index (χ0) is 33.2. The fourth-order valence-corrected chi connectivity index (χ4v) is 7.16. The van der Waals surface area contributed by atoms with Gasteiger partial charge < -0.3 is 33.9 Å². The van der Waals surface area contributed by atoms with Crippen molar-refractivity contribution in [3.63, 3.8) is 0 Å². The van der Waals surface area contributed by atoms with Crippen LogP contribution in [0.25, 0.3) is 0 Å². The Morgan fingerprint density at radius 2 is 1.75 bits per heavy atom. The first-order valence-corrected chi connectivity index (χ1v) is 16.2. The maximum Gasteiger partial charge on any atom is 0.319 e. The van der Waals surface area contributed by atoms with Crippen LogP contribution in [0, 0.1) is 16.7 Å². The van der Waals surface area contributed by atoms with Gasteiger partial charge in [-0.2, -0.15) is 0 Å². The molecule has 2 aliphatic heterocycles. The third-order valence-electron chi connectivity index (χ3n) is 10.8. The van der Waals surface area contributed by atoms with E-state index in [1.165, 1.54) is 0 Å². The summed E-state index contributed by atoms with van der Waals surface area (Å²) in [5, 5.41) is 11.3. The number of aliphatic hydroxyl groups is 1. The van der Waals surface area contributed by atoms with Gasteiger partial charge in [0.15, 0.2) is 12.1 Å². The van der Waals surface area contributed by atoms with Crippen molar-refractivity contribution in [1.29, 1.82) is 0 Å². The zero-order valence-electron chi connectivity index (χ0n) is 29.1. The lowest BCUT2D eigenvalue weighted by Gasteiger charge is -2.46. The van der Waals surface area contributed by atoms with Gasteiger partial charge in [0.2, 0.25) is 5.91 Å². The van der Waals surface area contributed by atoms with E-state index >= 15 is 0 Å². The second kappa shape index (κ2) is 14.4. The van der Waals surface area contributed by atoms with Crippen LogP contribution in [0.5, 0.6) is 0 Å². The van der Waals surface area contributed by atoms with Crippen LogP contribution in [0.4, 0.5) is 0 Å². The van der Waals surface area contributed by atoms with Crippen molar-refractivity contribution in [2.45, 2.75) is 122 Å². The molecule has 1 saturated carbocycles. The number of carbonyl (C=O) groups excluding carboxylic acids is 3. The molecule has 2 heterocycles. The van der Waals surface area contributed by atoms with E-state index in [0.29, 0.717) is 25.9 Å². The first-order valence-electron chi connectivity index (χ1n) is 16.2. The van der Waals surface area contributed by atoms with Crippen molar-refractivity contribution in [3.05, 3.63) is 0 Å². The molecule has 11 heteroatoms. The van der Waals surface area contributed by atoms with E-state index in [1.807, 2.05) is 39.9 Å². The summed E-state index contributed by atoms with van der Waals surface area (Å²) in [7, 11) is 9.31. The smallest absolute Gasteiger partial charge is 0.319 e. The highest BCUT2D eigenvalue weighted by Gasteiger charge is 2.54. The molecule has 0 bridgehead atoms. The Bertz CT molecular complexity index is 1020. The Labute approximate surface area is 264 Å². The lowest BCUT2D eigenvalue weighted by atomic mass is 9.75. The van der Waals surface area contributed by atoms with Crippen LogP contribution in [0.15, 0.2) is 0 Å². The monoisotopic (exact) mass is 625 g/mol. The van der Waals surface area contributed by atoms with Crippen molar-refractivity contribution in [2.24, 2.45) is 16.7 Å².